The van der Waals surface area contributed by atoms with Crippen molar-refractivity contribution in [2.45, 2.75) is 31.7 Å². The van der Waals surface area contributed by atoms with Crippen molar-refractivity contribution >= 4 is 16.8 Å². The number of nitrogens with one attached hydrogen (secondary N) is 1. The molecule has 124 valence electrons. The molecule has 0 aliphatic carbocycles. The van der Waals surface area contributed by atoms with Crippen LogP contribution in [-0.4, -0.2) is 37.1 Å². The van der Waals surface area contributed by atoms with Crippen LogP contribution in [0.1, 0.15) is 36.7 Å². The monoisotopic (exact) mass is 323 g/mol. The molecule has 0 spiro atoms. The molecular weight excluding hydrogens is 302 g/mol. The van der Waals surface area contributed by atoms with Crippen LogP contribution in [0.25, 0.3) is 10.9 Å². The fraction of sp³-hybridized carbons (Fsp3) is 0.389. The average molecular weight is 323 g/mol. The minimum Gasteiger partial charge on any atom is -0.361 e. The number of aromatic amines is 1. The minimum absolute atomic E-state index is 0.0668. The van der Waals surface area contributed by atoms with E-state index in [1.165, 1.54) is 10.9 Å². The summed E-state index contributed by atoms with van der Waals surface area (Å²) < 4.78 is 1.91. The highest BCUT2D eigenvalue weighted by Crippen LogP contribution is 2.31. The van der Waals surface area contributed by atoms with E-state index in [0.717, 1.165) is 37.1 Å². The van der Waals surface area contributed by atoms with Crippen molar-refractivity contribution in [3.05, 3.63) is 48.2 Å². The summed E-state index contributed by atoms with van der Waals surface area (Å²) >= 11 is 0. The maximum absolute atomic E-state index is 12.7. The van der Waals surface area contributed by atoms with E-state index in [9.17, 15) is 4.79 Å². The van der Waals surface area contributed by atoms with Gasteiger partial charge >= 0.3 is 0 Å². The van der Waals surface area contributed by atoms with Gasteiger partial charge in [0, 0.05) is 31.7 Å². The first kappa shape index (κ1) is 14.9. The second-order valence-electron chi connectivity index (χ2n) is 6.44. The van der Waals surface area contributed by atoms with Gasteiger partial charge in [0.25, 0.3) is 0 Å². The molecule has 0 radical (unpaired) electrons. The molecule has 1 aromatic carbocycles. The molecular formula is C18H21N5O. The number of H-pyrrole nitrogens is 1. The summed E-state index contributed by atoms with van der Waals surface area (Å²) in [4.78, 5) is 17.9. The first-order valence-corrected chi connectivity index (χ1v) is 8.42. The Hall–Kier alpha value is -2.63. The maximum Gasteiger partial charge on any atom is 0.223 e. The minimum atomic E-state index is 0.0668. The first-order chi connectivity index (χ1) is 11.7. The SMILES string of the molecule is Cn1cnnc1C1CCCN1C(=O)CCc1ccc2[nH]ccc2c1. The third-order valence-corrected chi connectivity index (χ3v) is 4.86. The van der Waals surface area contributed by atoms with E-state index in [1.807, 2.05) is 22.7 Å². The highest BCUT2D eigenvalue weighted by atomic mass is 16.2. The van der Waals surface area contributed by atoms with Gasteiger partial charge in [-0.25, -0.2) is 0 Å². The van der Waals surface area contributed by atoms with Crippen molar-refractivity contribution < 1.29 is 4.79 Å². The Morgan fingerprint density at radius 3 is 3.12 bits per heavy atom. The average Bonchev–Trinajstić information content (AvgIpc) is 3.31. The number of hydrogen-bond donors (Lipinski definition) is 1. The molecule has 6 nitrogen and oxygen atoms in total. The molecule has 0 saturated carbocycles. The summed E-state index contributed by atoms with van der Waals surface area (Å²) in [6, 6.07) is 8.45. The van der Waals surface area contributed by atoms with Crippen LogP contribution in [0.3, 0.4) is 0 Å². The maximum atomic E-state index is 12.7. The van der Waals surface area contributed by atoms with Crippen molar-refractivity contribution in [3.8, 4) is 0 Å². The van der Waals surface area contributed by atoms with E-state index in [-0.39, 0.29) is 11.9 Å². The lowest BCUT2D eigenvalue weighted by Crippen LogP contribution is -2.32. The van der Waals surface area contributed by atoms with Crippen LogP contribution in [0.4, 0.5) is 0 Å². The standard InChI is InChI=1S/C18H21N5O/c1-22-12-20-21-18(22)16-3-2-10-23(16)17(24)7-5-13-4-6-15-14(11-13)8-9-19-15/h4,6,8-9,11-12,16,19H,2-3,5,7,10H2,1H3. The van der Waals surface area contributed by atoms with Gasteiger partial charge in [0.1, 0.15) is 6.33 Å². The summed E-state index contributed by atoms with van der Waals surface area (Å²) in [7, 11) is 1.93. The van der Waals surface area contributed by atoms with Crippen molar-refractivity contribution in [1.29, 1.82) is 0 Å². The number of carbonyl (C=O) groups excluding carboxylic acids is 1. The highest BCUT2D eigenvalue weighted by Gasteiger charge is 2.32. The van der Waals surface area contributed by atoms with Crippen LogP contribution in [0, 0.1) is 0 Å². The van der Waals surface area contributed by atoms with Crippen molar-refractivity contribution in [3.63, 3.8) is 0 Å². The molecule has 24 heavy (non-hydrogen) atoms. The molecule has 1 aliphatic heterocycles. The lowest BCUT2D eigenvalue weighted by molar-refractivity contribution is -0.132. The molecule has 3 heterocycles. The van der Waals surface area contributed by atoms with Gasteiger partial charge in [-0.2, -0.15) is 0 Å². The van der Waals surface area contributed by atoms with Gasteiger partial charge in [-0.1, -0.05) is 6.07 Å². The molecule has 1 aliphatic rings. The molecule has 1 saturated heterocycles. The number of benzene rings is 1. The van der Waals surface area contributed by atoms with Crippen LogP contribution >= 0.6 is 0 Å². The normalized spacial score (nSPS) is 17.7. The quantitative estimate of drug-likeness (QED) is 0.802. The summed E-state index contributed by atoms with van der Waals surface area (Å²) in [6.45, 7) is 0.813. The second-order valence-corrected chi connectivity index (χ2v) is 6.44. The largest absolute Gasteiger partial charge is 0.361 e. The smallest absolute Gasteiger partial charge is 0.223 e. The molecule has 1 atom stereocenters. The van der Waals surface area contributed by atoms with E-state index >= 15 is 0 Å². The molecule has 1 unspecified atom stereocenters. The molecule has 1 fully saturated rings. The molecule has 2 aromatic heterocycles. The summed E-state index contributed by atoms with van der Waals surface area (Å²) in [5.41, 5.74) is 2.33. The lowest BCUT2D eigenvalue weighted by atomic mass is 10.1. The number of likely N-dealkylation sites (tertiary alicyclic amines) is 1. The lowest BCUT2D eigenvalue weighted by Gasteiger charge is -2.24. The number of hydrogen-bond acceptors (Lipinski definition) is 3. The summed E-state index contributed by atoms with van der Waals surface area (Å²) in [5.74, 6) is 1.09. The summed E-state index contributed by atoms with van der Waals surface area (Å²) in [6.07, 6.45) is 6.93. The van der Waals surface area contributed by atoms with Crippen LogP contribution < -0.4 is 0 Å². The Morgan fingerprint density at radius 1 is 1.38 bits per heavy atom. The summed E-state index contributed by atoms with van der Waals surface area (Å²) in [5, 5.41) is 9.33. The molecule has 1 amide bonds. The van der Waals surface area contributed by atoms with Gasteiger partial charge in [-0.3, -0.25) is 4.79 Å². The zero-order chi connectivity index (χ0) is 16.5. The topological polar surface area (TPSA) is 66.8 Å². The van der Waals surface area contributed by atoms with Gasteiger partial charge in [-0.15, -0.1) is 10.2 Å². The van der Waals surface area contributed by atoms with Gasteiger partial charge in [0.05, 0.1) is 6.04 Å². The van der Waals surface area contributed by atoms with Crippen LogP contribution in [-0.2, 0) is 18.3 Å². The van der Waals surface area contributed by atoms with Gasteiger partial charge in [0.15, 0.2) is 5.82 Å². The molecule has 4 rings (SSSR count). The zero-order valence-electron chi connectivity index (χ0n) is 13.8. The number of nitrogens with zero attached hydrogens (tertiary/aromatic N) is 4. The van der Waals surface area contributed by atoms with E-state index in [0.29, 0.717) is 6.42 Å². The first-order valence-electron chi connectivity index (χ1n) is 8.42. The fourth-order valence-electron chi connectivity index (χ4n) is 3.58. The third kappa shape index (κ3) is 2.68. The number of amides is 1. The molecule has 3 aromatic rings. The Balaban J connectivity index is 1.44. The number of rotatable bonds is 4. The fourth-order valence-corrected chi connectivity index (χ4v) is 3.58. The van der Waals surface area contributed by atoms with Crippen molar-refractivity contribution in [1.82, 2.24) is 24.6 Å². The number of carbonyl (C=O) groups is 1. The van der Waals surface area contributed by atoms with Crippen molar-refractivity contribution in [2.24, 2.45) is 7.05 Å². The molecule has 1 N–H and O–H groups in total. The third-order valence-electron chi connectivity index (χ3n) is 4.86. The predicted octanol–water partition coefficient (Wildman–Crippen LogP) is 2.59. The van der Waals surface area contributed by atoms with Crippen LogP contribution in [0.15, 0.2) is 36.8 Å². The highest BCUT2D eigenvalue weighted by molar-refractivity contribution is 5.80. The van der Waals surface area contributed by atoms with Gasteiger partial charge in [0.2, 0.25) is 5.91 Å². The predicted molar refractivity (Wildman–Crippen MR) is 91.3 cm³/mol. The Kier molecular flexibility index (Phi) is 3.80. The van der Waals surface area contributed by atoms with Crippen LogP contribution in [0.2, 0.25) is 0 Å². The van der Waals surface area contributed by atoms with E-state index in [1.54, 1.807) is 6.33 Å². The zero-order valence-corrected chi connectivity index (χ0v) is 13.8. The number of fused-ring (bicyclic) bond motifs is 1. The Morgan fingerprint density at radius 2 is 2.29 bits per heavy atom. The molecule has 6 heteroatoms. The number of aromatic nitrogens is 4. The van der Waals surface area contributed by atoms with E-state index < -0.39 is 0 Å². The number of aryl methyl sites for hydroxylation is 2. The Labute approximate surface area is 140 Å². The van der Waals surface area contributed by atoms with E-state index in [2.05, 4.69) is 39.4 Å². The van der Waals surface area contributed by atoms with E-state index in [4.69, 9.17) is 0 Å². The second kappa shape index (κ2) is 6.11. The van der Waals surface area contributed by atoms with Crippen molar-refractivity contribution in [2.75, 3.05) is 6.54 Å². The Bertz CT molecular complexity index is 865. The van der Waals surface area contributed by atoms with Crippen LogP contribution in [0.5, 0.6) is 0 Å². The molecule has 0 bridgehead atoms. The van der Waals surface area contributed by atoms with Gasteiger partial charge < -0.3 is 14.5 Å². The van der Waals surface area contributed by atoms with Gasteiger partial charge in [-0.05, 0) is 48.4 Å².